The third-order valence-corrected chi connectivity index (χ3v) is 2.66. The predicted octanol–water partition coefficient (Wildman–Crippen LogP) is 1.25. The van der Waals surface area contributed by atoms with E-state index < -0.39 is 0 Å². The molecule has 4 nitrogen and oxygen atoms in total. The maximum atomic E-state index is 8.37. The fourth-order valence-electron chi connectivity index (χ4n) is 1.43. The summed E-state index contributed by atoms with van der Waals surface area (Å²) < 4.78 is 0. The Morgan fingerprint density at radius 1 is 1.53 bits per heavy atom. The van der Waals surface area contributed by atoms with Crippen molar-refractivity contribution in [1.29, 1.82) is 5.26 Å². The first-order valence-corrected chi connectivity index (χ1v) is 5.62. The zero-order valence-corrected chi connectivity index (χ0v) is 9.58. The number of aliphatic imine (C=N–C) groups is 1. The lowest BCUT2D eigenvalue weighted by Gasteiger charge is -2.10. The minimum absolute atomic E-state index is 0.607. The van der Waals surface area contributed by atoms with Crippen LogP contribution in [0.1, 0.15) is 32.6 Å². The molecule has 84 valence electrons. The van der Waals surface area contributed by atoms with E-state index in [-0.39, 0.29) is 0 Å². The molecule has 1 fully saturated rings. The molecule has 0 spiro atoms. The molecule has 0 unspecified atom stereocenters. The second kappa shape index (κ2) is 6.28. The molecule has 2 N–H and O–H groups in total. The summed E-state index contributed by atoms with van der Waals surface area (Å²) in [6.45, 7) is 3.13. The van der Waals surface area contributed by atoms with Gasteiger partial charge in [0.2, 0.25) is 0 Å². The Kier molecular flexibility index (Phi) is 4.96. The van der Waals surface area contributed by atoms with E-state index in [4.69, 9.17) is 5.26 Å². The lowest BCUT2D eigenvalue weighted by Crippen LogP contribution is -2.39. The van der Waals surface area contributed by atoms with E-state index in [9.17, 15) is 0 Å². The van der Waals surface area contributed by atoms with Gasteiger partial charge in [0.15, 0.2) is 5.96 Å². The van der Waals surface area contributed by atoms with Crippen LogP contribution in [0.2, 0.25) is 0 Å². The molecule has 1 saturated carbocycles. The number of hydrogen-bond donors (Lipinski definition) is 2. The maximum Gasteiger partial charge on any atom is 0.191 e. The van der Waals surface area contributed by atoms with E-state index in [1.165, 1.54) is 6.42 Å². The van der Waals surface area contributed by atoms with Gasteiger partial charge in [-0.1, -0.05) is 6.92 Å². The van der Waals surface area contributed by atoms with Crippen LogP contribution in [-0.2, 0) is 0 Å². The van der Waals surface area contributed by atoms with Crippen LogP contribution in [0.15, 0.2) is 4.99 Å². The van der Waals surface area contributed by atoms with Crippen LogP contribution >= 0.6 is 0 Å². The molecule has 1 aliphatic carbocycles. The third-order valence-electron chi connectivity index (χ3n) is 2.66. The van der Waals surface area contributed by atoms with Gasteiger partial charge in [-0.15, -0.1) is 0 Å². The summed E-state index contributed by atoms with van der Waals surface area (Å²) in [7, 11) is 1.79. The zero-order chi connectivity index (χ0) is 11.1. The van der Waals surface area contributed by atoms with Gasteiger partial charge in [0.05, 0.1) is 6.07 Å². The second-order valence-corrected chi connectivity index (χ2v) is 4.08. The van der Waals surface area contributed by atoms with Gasteiger partial charge in [0, 0.05) is 26.1 Å². The first kappa shape index (κ1) is 11.8. The summed E-state index contributed by atoms with van der Waals surface area (Å²) in [5, 5.41) is 15.0. The molecule has 2 atom stereocenters. The van der Waals surface area contributed by atoms with Crippen molar-refractivity contribution in [3.8, 4) is 6.07 Å². The monoisotopic (exact) mass is 208 g/mol. The fourth-order valence-corrected chi connectivity index (χ4v) is 1.43. The lowest BCUT2D eigenvalue weighted by atomic mass is 10.2. The van der Waals surface area contributed by atoms with E-state index in [1.54, 1.807) is 7.05 Å². The number of nitrogens with zero attached hydrogens (tertiary/aromatic N) is 2. The van der Waals surface area contributed by atoms with Crippen LogP contribution < -0.4 is 10.6 Å². The fraction of sp³-hybridized carbons (Fsp3) is 0.818. The highest BCUT2D eigenvalue weighted by Gasteiger charge is 2.32. The minimum atomic E-state index is 0.607. The summed E-state index contributed by atoms with van der Waals surface area (Å²) in [5.74, 6) is 1.67. The third kappa shape index (κ3) is 4.68. The summed E-state index contributed by atoms with van der Waals surface area (Å²) in [5.41, 5.74) is 0. The molecular weight excluding hydrogens is 188 g/mol. The normalized spacial score (nSPS) is 24.5. The topological polar surface area (TPSA) is 60.2 Å². The van der Waals surface area contributed by atoms with Gasteiger partial charge in [-0.05, 0) is 25.2 Å². The highest BCUT2D eigenvalue weighted by Crippen LogP contribution is 2.28. The Morgan fingerprint density at radius 3 is 2.80 bits per heavy atom. The van der Waals surface area contributed by atoms with Crippen molar-refractivity contribution in [2.45, 2.75) is 38.6 Å². The average molecular weight is 208 g/mol. The Balaban J connectivity index is 2.05. The average Bonchev–Trinajstić information content (AvgIpc) is 2.92. The molecule has 0 saturated heterocycles. The number of nitrogens with one attached hydrogen (secondary N) is 2. The Labute approximate surface area is 91.8 Å². The van der Waals surface area contributed by atoms with Crippen molar-refractivity contribution in [3.63, 3.8) is 0 Å². The van der Waals surface area contributed by atoms with E-state index in [2.05, 4.69) is 28.6 Å². The van der Waals surface area contributed by atoms with Gasteiger partial charge in [-0.2, -0.15) is 5.26 Å². The summed E-state index contributed by atoms with van der Waals surface area (Å²) in [4.78, 5) is 4.15. The molecule has 0 radical (unpaired) electrons. The molecule has 0 aromatic rings. The van der Waals surface area contributed by atoms with Crippen molar-refractivity contribution in [1.82, 2.24) is 10.6 Å². The maximum absolute atomic E-state index is 8.37. The van der Waals surface area contributed by atoms with Crippen molar-refractivity contribution in [2.75, 3.05) is 13.6 Å². The van der Waals surface area contributed by atoms with Gasteiger partial charge in [-0.25, -0.2) is 0 Å². The van der Waals surface area contributed by atoms with Crippen LogP contribution in [0.5, 0.6) is 0 Å². The lowest BCUT2D eigenvalue weighted by molar-refractivity contribution is 0.698. The van der Waals surface area contributed by atoms with Crippen LogP contribution in [0, 0.1) is 17.2 Å². The van der Waals surface area contributed by atoms with Crippen molar-refractivity contribution in [3.05, 3.63) is 0 Å². The molecule has 0 aromatic carbocycles. The number of rotatable bonds is 5. The van der Waals surface area contributed by atoms with Crippen LogP contribution in [0.3, 0.4) is 0 Å². The predicted molar refractivity (Wildman–Crippen MR) is 61.5 cm³/mol. The van der Waals surface area contributed by atoms with Gasteiger partial charge in [0.1, 0.15) is 0 Å². The molecule has 4 heteroatoms. The van der Waals surface area contributed by atoms with E-state index in [0.717, 1.165) is 31.3 Å². The summed E-state index contributed by atoms with van der Waals surface area (Å²) in [6, 6.07) is 2.75. The van der Waals surface area contributed by atoms with Gasteiger partial charge >= 0.3 is 0 Å². The van der Waals surface area contributed by atoms with Crippen molar-refractivity contribution < 1.29 is 0 Å². The van der Waals surface area contributed by atoms with Crippen LogP contribution in [0.25, 0.3) is 0 Å². The SMILES string of the molecule is CN=C(NCCCCC#N)N[C@@H]1C[C@H]1C. The van der Waals surface area contributed by atoms with E-state index in [0.29, 0.717) is 12.5 Å². The molecule has 0 amide bonds. The summed E-state index contributed by atoms with van der Waals surface area (Å²) >= 11 is 0. The van der Waals surface area contributed by atoms with E-state index in [1.807, 2.05) is 0 Å². The molecule has 0 heterocycles. The van der Waals surface area contributed by atoms with Crippen LogP contribution in [0.4, 0.5) is 0 Å². The standard InChI is InChI=1S/C11H20N4/c1-9-8-10(9)15-11(13-2)14-7-5-3-4-6-12/h9-10H,3-5,7-8H2,1-2H3,(H2,13,14,15)/t9-,10-/m1/s1. The van der Waals surface area contributed by atoms with Crippen LogP contribution in [-0.4, -0.2) is 25.6 Å². The Bertz CT molecular complexity index is 254. The number of guanidine groups is 1. The molecule has 0 bridgehead atoms. The molecule has 0 aromatic heterocycles. The zero-order valence-electron chi connectivity index (χ0n) is 9.58. The second-order valence-electron chi connectivity index (χ2n) is 4.08. The number of unbranched alkanes of at least 4 members (excludes halogenated alkanes) is 2. The molecule has 1 aliphatic rings. The van der Waals surface area contributed by atoms with Crippen molar-refractivity contribution in [2.24, 2.45) is 10.9 Å². The molecule has 15 heavy (non-hydrogen) atoms. The highest BCUT2D eigenvalue weighted by atomic mass is 15.2. The van der Waals surface area contributed by atoms with Gasteiger partial charge in [-0.3, -0.25) is 4.99 Å². The highest BCUT2D eigenvalue weighted by molar-refractivity contribution is 5.80. The first-order chi connectivity index (χ1) is 7.27. The number of hydrogen-bond acceptors (Lipinski definition) is 2. The van der Waals surface area contributed by atoms with Gasteiger partial charge in [0.25, 0.3) is 0 Å². The Morgan fingerprint density at radius 2 is 2.27 bits per heavy atom. The van der Waals surface area contributed by atoms with Crippen molar-refractivity contribution >= 4 is 5.96 Å². The molecule has 1 rings (SSSR count). The quantitative estimate of drug-likeness (QED) is 0.406. The Hall–Kier alpha value is -1.24. The minimum Gasteiger partial charge on any atom is -0.356 e. The smallest absolute Gasteiger partial charge is 0.191 e. The molecule has 0 aliphatic heterocycles. The summed E-state index contributed by atoms with van der Waals surface area (Å²) in [6.07, 6.45) is 3.87. The largest absolute Gasteiger partial charge is 0.356 e. The van der Waals surface area contributed by atoms with E-state index >= 15 is 0 Å². The number of nitriles is 1. The van der Waals surface area contributed by atoms with Gasteiger partial charge < -0.3 is 10.6 Å². The first-order valence-electron chi connectivity index (χ1n) is 5.62. The molecular formula is C11H20N4.